The Bertz CT molecular complexity index is 481. The maximum Gasteiger partial charge on any atom is 0.179 e. The molecule has 0 saturated carbocycles. The number of sulfone groups is 1. The lowest BCUT2D eigenvalue weighted by molar-refractivity contribution is 0.592. The van der Waals surface area contributed by atoms with Crippen molar-refractivity contribution in [3.8, 4) is 0 Å². The monoisotopic (exact) mass is 240 g/mol. The molecule has 5 heteroatoms. The average molecular weight is 240 g/mol. The molecule has 4 nitrogen and oxygen atoms in total. The van der Waals surface area contributed by atoms with Crippen molar-refractivity contribution in [1.29, 1.82) is 5.41 Å². The van der Waals surface area contributed by atoms with E-state index in [1.54, 1.807) is 18.2 Å². The summed E-state index contributed by atoms with van der Waals surface area (Å²) in [5.74, 6) is -0.107. The second-order valence-corrected chi connectivity index (χ2v) is 5.66. The molecule has 16 heavy (non-hydrogen) atoms. The summed E-state index contributed by atoms with van der Waals surface area (Å²) in [5.41, 5.74) is 5.65. The minimum absolute atomic E-state index is 0.105. The first-order valence-electron chi connectivity index (χ1n) is 5.15. The van der Waals surface area contributed by atoms with Crippen LogP contribution in [-0.4, -0.2) is 20.0 Å². The van der Waals surface area contributed by atoms with Gasteiger partial charge in [-0.1, -0.05) is 25.5 Å². The largest absolute Gasteiger partial charge is 0.384 e. The van der Waals surface area contributed by atoms with E-state index in [0.717, 1.165) is 6.42 Å². The predicted molar refractivity (Wildman–Crippen MR) is 64.4 cm³/mol. The van der Waals surface area contributed by atoms with E-state index in [1.807, 2.05) is 6.92 Å². The summed E-state index contributed by atoms with van der Waals surface area (Å²) >= 11 is 0. The van der Waals surface area contributed by atoms with Gasteiger partial charge in [-0.25, -0.2) is 8.42 Å². The number of hydrogen-bond acceptors (Lipinski definition) is 3. The standard InChI is InChI=1S/C11H16N2O2S/c1-2-3-8-16(14,15)10-7-5-4-6-9(10)11(12)13/h4-7H,2-3,8H2,1H3,(H3,12,13). The Morgan fingerprint density at radius 2 is 2.00 bits per heavy atom. The summed E-state index contributed by atoms with van der Waals surface area (Å²) in [4.78, 5) is 0.163. The molecule has 0 radical (unpaired) electrons. The second-order valence-electron chi connectivity index (χ2n) is 3.58. The molecule has 0 bridgehead atoms. The van der Waals surface area contributed by atoms with Gasteiger partial charge in [0.2, 0.25) is 0 Å². The fourth-order valence-corrected chi connectivity index (χ4v) is 3.09. The quantitative estimate of drug-likeness (QED) is 0.605. The van der Waals surface area contributed by atoms with Crippen LogP contribution in [0.15, 0.2) is 29.2 Å². The van der Waals surface area contributed by atoms with Gasteiger partial charge in [-0.05, 0) is 18.6 Å². The first kappa shape index (κ1) is 12.7. The van der Waals surface area contributed by atoms with Gasteiger partial charge < -0.3 is 5.73 Å². The van der Waals surface area contributed by atoms with Crippen LogP contribution in [0, 0.1) is 5.41 Å². The molecule has 0 amide bonds. The van der Waals surface area contributed by atoms with E-state index in [0.29, 0.717) is 12.0 Å². The molecule has 0 atom stereocenters. The highest BCUT2D eigenvalue weighted by Crippen LogP contribution is 2.17. The molecule has 0 saturated heterocycles. The Kier molecular flexibility index (Phi) is 4.06. The third-order valence-electron chi connectivity index (χ3n) is 2.28. The molecule has 1 aromatic carbocycles. The van der Waals surface area contributed by atoms with Crippen LogP contribution in [0.2, 0.25) is 0 Å². The van der Waals surface area contributed by atoms with Gasteiger partial charge in [0.15, 0.2) is 9.84 Å². The number of nitrogens with two attached hydrogens (primary N) is 1. The van der Waals surface area contributed by atoms with Gasteiger partial charge in [-0.3, -0.25) is 5.41 Å². The SMILES string of the molecule is CCCCS(=O)(=O)c1ccccc1C(=N)N. The molecule has 0 spiro atoms. The zero-order valence-electron chi connectivity index (χ0n) is 9.23. The molecule has 1 rings (SSSR count). The molecule has 0 aromatic heterocycles. The molecule has 0 fully saturated rings. The highest BCUT2D eigenvalue weighted by atomic mass is 32.2. The number of unbranched alkanes of at least 4 members (excludes halogenated alkanes) is 1. The molecule has 0 aliphatic heterocycles. The topological polar surface area (TPSA) is 84.0 Å². The molecular formula is C11H16N2O2S. The van der Waals surface area contributed by atoms with Crippen molar-refractivity contribution >= 4 is 15.7 Å². The second kappa shape index (κ2) is 5.12. The number of nitrogens with one attached hydrogen (secondary N) is 1. The number of rotatable bonds is 5. The third-order valence-corrected chi connectivity index (χ3v) is 4.13. The molecule has 0 aliphatic rings. The lowest BCUT2D eigenvalue weighted by Crippen LogP contribution is -2.17. The summed E-state index contributed by atoms with van der Waals surface area (Å²) in [6, 6.07) is 6.38. The van der Waals surface area contributed by atoms with Crippen LogP contribution in [0.4, 0.5) is 0 Å². The van der Waals surface area contributed by atoms with Crippen LogP contribution in [0.1, 0.15) is 25.3 Å². The molecule has 0 unspecified atom stereocenters. The molecule has 0 heterocycles. The zero-order valence-corrected chi connectivity index (χ0v) is 10.0. The maximum atomic E-state index is 12.0. The minimum atomic E-state index is -3.32. The van der Waals surface area contributed by atoms with Crippen molar-refractivity contribution < 1.29 is 8.42 Å². The maximum absolute atomic E-state index is 12.0. The lowest BCUT2D eigenvalue weighted by Gasteiger charge is -2.08. The third kappa shape index (κ3) is 2.82. The summed E-state index contributed by atoms with van der Waals surface area (Å²) in [7, 11) is -3.32. The summed E-state index contributed by atoms with van der Waals surface area (Å²) in [5, 5.41) is 7.35. The first-order chi connectivity index (χ1) is 7.49. The fourth-order valence-electron chi connectivity index (χ4n) is 1.40. The van der Waals surface area contributed by atoms with Crippen LogP contribution in [0.5, 0.6) is 0 Å². The Hall–Kier alpha value is -1.36. The van der Waals surface area contributed by atoms with Gasteiger partial charge >= 0.3 is 0 Å². The van der Waals surface area contributed by atoms with Gasteiger partial charge in [0.1, 0.15) is 5.84 Å². The molecule has 88 valence electrons. The summed E-state index contributed by atoms with van der Waals surface area (Å²) in [6.45, 7) is 1.94. The highest BCUT2D eigenvalue weighted by Gasteiger charge is 2.18. The van der Waals surface area contributed by atoms with Crippen LogP contribution < -0.4 is 5.73 Å². The zero-order chi connectivity index (χ0) is 12.2. The van der Waals surface area contributed by atoms with Crippen molar-refractivity contribution in [2.45, 2.75) is 24.7 Å². The Balaban J connectivity index is 3.17. The smallest absolute Gasteiger partial charge is 0.179 e. The van der Waals surface area contributed by atoms with Gasteiger partial charge in [-0.15, -0.1) is 0 Å². The Labute approximate surface area is 95.9 Å². The molecular weight excluding hydrogens is 224 g/mol. The Morgan fingerprint density at radius 1 is 1.38 bits per heavy atom. The first-order valence-corrected chi connectivity index (χ1v) is 6.80. The Morgan fingerprint density at radius 3 is 2.56 bits per heavy atom. The average Bonchev–Trinajstić information content (AvgIpc) is 2.26. The van der Waals surface area contributed by atoms with E-state index in [9.17, 15) is 8.42 Å². The lowest BCUT2D eigenvalue weighted by atomic mass is 10.2. The van der Waals surface area contributed by atoms with Gasteiger partial charge in [0.25, 0.3) is 0 Å². The van der Waals surface area contributed by atoms with Crippen LogP contribution in [0.3, 0.4) is 0 Å². The van der Waals surface area contributed by atoms with E-state index in [2.05, 4.69) is 0 Å². The van der Waals surface area contributed by atoms with Crippen molar-refractivity contribution in [2.24, 2.45) is 5.73 Å². The van der Waals surface area contributed by atoms with Crippen molar-refractivity contribution in [3.05, 3.63) is 29.8 Å². The number of hydrogen-bond donors (Lipinski definition) is 2. The van der Waals surface area contributed by atoms with Gasteiger partial charge in [-0.2, -0.15) is 0 Å². The normalized spacial score (nSPS) is 11.3. The number of benzene rings is 1. The number of nitrogen functional groups attached to an aromatic ring is 1. The fraction of sp³-hybridized carbons (Fsp3) is 0.364. The van der Waals surface area contributed by atoms with Crippen molar-refractivity contribution in [1.82, 2.24) is 0 Å². The van der Waals surface area contributed by atoms with E-state index in [-0.39, 0.29) is 16.5 Å². The predicted octanol–water partition coefficient (Wildman–Crippen LogP) is 1.54. The van der Waals surface area contributed by atoms with E-state index in [4.69, 9.17) is 11.1 Å². The van der Waals surface area contributed by atoms with Crippen molar-refractivity contribution in [2.75, 3.05) is 5.75 Å². The van der Waals surface area contributed by atoms with Crippen molar-refractivity contribution in [3.63, 3.8) is 0 Å². The summed E-state index contributed by atoms with van der Waals surface area (Å²) in [6.07, 6.45) is 1.44. The highest BCUT2D eigenvalue weighted by molar-refractivity contribution is 7.91. The summed E-state index contributed by atoms with van der Waals surface area (Å²) < 4.78 is 23.9. The molecule has 1 aromatic rings. The molecule has 0 aliphatic carbocycles. The van der Waals surface area contributed by atoms with Crippen LogP contribution in [-0.2, 0) is 9.84 Å². The van der Waals surface area contributed by atoms with Crippen LogP contribution >= 0.6 is 0 Å². The van der Waals surface area contributed by atoms with Gasteiger partial charge in [0.05, 0.1) is 10.6 Å². The van der Waals surface area contributed by atoms with Crippen LogP contribution in [0.25, 0.3) is 0 Å². The van der Waals surface area contributed by atoms with E-state index < -0.39 is 9.84 Å². The van der Waals surface area contributed by atoms with E-state index >= 15 is 0 Å². The van der Waals surface area contributed by atoms with Gasteiger partial charge in [0, 0.05) is 5.56 Å². The number of amidine groups is 1. The van der Waals surface area contributed by atoms with E-state index in [1.165, 1.54) is 6.07 Å². The minimum Gasteiger partial charge on any atom is -0.384 e. The molecule has 3 N–H and O–H groups in total.